The number of hydrogen-bond donors (Lipinski definition) is 1. The van der Waals surface area contributed by atoms with Gasteiger partial charge < -0.3 is 10.1 Å². The first kappa shape index (κ1) is 13.8. The third-order valence-electron chi connectivity index (χ3n) is 3.59. The predicted molar refractivity (Wildman–Crippen MR) is 82.6 cm³/mol. The molecule has 0 aromatic heterocycles. The van der Waals surface area contributed by atoms with Gasteiger partial charge in [0.25, 0.3) is 0 Å². The molecular weight excluding hydrogens is 262 g/mol. The van der Waals surface area contributed by atoms with Gasteiger partial charge in [-0.05, 0) is 43.2 Å². The van der Waals surface area contributed by atoms with Crippen molar-refractivity contribution in [1.82, 2.24) is 5.32 Å². The maximum absolute atomic E-state index is 12.7. The minimum atomic E-state index is 0.0148. The smallest absolute Gasteiger partial charge is 0.196 e. The van der Waals surface area contributed by atoms with Gasteiger partial charge in [-0.1, -0.05) is 24.3 Å². The number of rotatable bonds is 4. The van der Waals surface area contributed by atoms with Gasteiger partial charge in [0.15, 0.2) is 5.78 Å². The highest BCUT2D eigenvalue weighted by molar-refractivity contribution is 6.10. The van der Waals surface area contributed by atoms with Crippen LogP contribution < -0.4 is 10.1 Å². The van der Waals surface area contributed by atoms with Crippen LogP contribution in [0.5, 0.6) is 5.75 Å². The Morgan fingerprint density at radius 3 is 2.67 bits per heavy atom. The zero-order chi connectivity index (χ0) is 14.8. The van der Waals surface area contributed by atoms with Crippen LogP contribution in [-0.2, 0) is 13.1 Å². The molecule has 108 valence electrons. The van der Waals surface area contributed by atoms with E-state index >= 15 is 0 Å². The van der Waals surface area contributed by atoms with Crippen molar-refractivity contribution >= 4 is 5.78 Å². The van der Waals surface area contributed by atoms with E-state index in [1.807, 2.05) is 56.3 Å². The third kappa shape index (κ3) is 2.83. The molecule has 1 N–H and O–H groups in total. The molecule has 1 aliphatic rings. The van der Waals surface area contributed by atoms with Crippen molar-refractivity contribution in [3.63, 3.8) is 0 Å². The van der Waals surface area contributed by atoms with Crippen LogP contribution in [0, 0.1) is 0 Å². The van der Waals surface area contributed by atoms with E-state index in [1.54, 1.807) is 0 Å². The van der Waals surface area contributed by atoms with Crippen LogP contribution in [-0.4, -0.2) is 11.9 Å². The largest absolute Gasteiger partial charge is 0.490 e. The van der Waals surface area contributed by atoms with E-state index in [0.717, 1.165) is 18.7 Å². The number of carbonyl (C=O) groups is 1. The summed E-state index contributed by atoms with van der Waals surface area (Å²) in [5, 5.41) is 3.30. The van der Waals surface area contributed by atoms with E-state index < -0.39 is 0 Å². The standard InChI is InChI=1S/C18H19NO2/c1-12(2)21-17-6-4-3-5-16(17)18(20)13-7-8-14-10-19-11-15(14)9-13/h3-9,12,19H,10-11H2,1-2H3. The zero-order valence-corrected chi connectivity index (χ0v) is 12.3. The van der Waals surface area contributed by atoms with Gasteiger partial charge in [-0.15, -0.1) is 0 Å². The van der Waals surface area contributed by atoms with Gasteiger partial charge in [0.2, 0.25) is 0 Å². The molecule has 1 aliphatic heterocycles. The Kier molecular flexibility index (Phi) is 3.76. The summed E-state index contributed by atoms with van der Waals surface area (Å²) >= 11 is 0. The highest BCUT2D eigenvalue weighted by atomic mass is 16.5. The van der Waals surface area contributed by atoms with Crippen LogP contribution in [0.3, 0.4) is 0 Å². The highest BCUT2D eigenvalue weighted by Crippen LogP contribution is 2.24. The normalized spacial score (nSPS) is 13.3. The molecule has 0 aliphatic carbocycles. The average Bonchev–Trinajstić information content (AvgIpc) is 2.94. The molecule has 0 fully saturated rings. The topological polar surface area (TPSA) is 38.3 Å². The zero-order valence-electron chi connectivity index (χ0n) is 12.3. The summed E-state index contributed by atoms with van der Waals surface area (Å²) in [7, 11) is 0. The lowest BCUT2D eigenvalue weighted by Crippen LogP contribution is -2.11. The first-order chi connectivity index (χ1) is 10.1. The van der Waals surface area contributed by atoms with Gasteiger partial charge in [0.05, 0.1) is 11.7 Å². The van der Waals surface area contributed by atoms with E-state index in [1.165, 1.54) is 11.1 Å². The van der Waals surface area contributed by atoms with E-state index in [2.05, 4.69) is 5.32 Å². The van der Waals surface area contributed by atoms with Crippen molar-refractivity contribution in [2.75, 3.05) is 0 Å². The molecule has 3 nitrogen and oxygen atoms in total. The quantitative estimate of drug-likeness (QED) is 0.874. The Balaban J connectivity index is 1.95. The van der Waals surface area contributed by atoms with E-state index in [-0.39, 0.29) is 11.9 Å². The van der Waals surface area contributed by atoms with Crippen LogP contribution in [0.1, 0.15) is 40.9 Å². The second kappa shape index (κ2) is 5.70. The van der Waals surface area contributed by atoms with E-state index in [0.29, 0.717) is 11.3 Å². The second-order valence-corrected chi connectivity index (χ2v) is 5.58. The van der Waals surface area contributed by atoms with Gasteiger partial charge in [0, 0.05) is 18.7 Å². The second-order valence-electron chi connectivity index (χ2n) is 5.58. The van der Waals surface area contributed by atoms with Crippen LogP contribution in [0.4, 0.5) is 0 Å². The number of nitrogens with one attached hydrogen (secondary N) is 1. The molecule has 0 saturated carbocycles. The van der Waals surface area contributed by atoms with Crippen molar-refractivity contribution < 1.29 is 9.53 Å². The lowest BCUT2D eigenvalue weighted by Gasteiger charge is -2.13. The fourth-order valence-corrected chi connectivity index (χ4v) is 2.60. The minimum Gasteiger partial charge on any atom is -0.490 e. The number of hydrogen-bond acceptors (Lipinski definition) is 3. The van der Waals surface area contributed by atoms with Crippen LogP contribution in [0.25, 0.3) is 0 Å². The molecule has 0 bridgehead atoms. The van der Waals surface area contributed by atoms with Gasteiger partial charge >= 0.3 is 0 Å². The summed E-state index contributed by atoms with van der Waals surface area (Å²) in [6.07, 6.45) is 0.0446. The Morgan fingerprint density at radius 2 is 1.86 bits per heavy atom. The van der Waals surface area contributed by atoms with Crippen molar-refractivity contribution in [1.29, 1.82) is 0 Å². The van der Waals surface area contributed by atoms with Gasteiger partial charge in [-0.3, -0.25) is 4.79 Å². The monoisotopic (exact) mass is 281 g/mol. The Hall–Kier alpha value is -2.13. The van der Waals surface area contributed by atoms with Gasteiger partial charge in [0.1, 0.15) is 5.75 Å². The number of fused-ring (bicyclic) bond motifs is 1. The van der Waals surface area contributed by atoms with Crippen molar-refractivity contribution in [3.05, 3.63) is 64.7 Å². The molecule has 0 unspecified atom stereocenters. The molecule has 2 aromatic rings. The lowest BCUT2D eigenvalue weighted by molar-refractivity contribution is 0.103. The van der Waals surface area contributed by atoms with Crippen LogP contribution >= 0.6 is 0 Å². The van der Waals surface area contributed by atoms with Crippen molar-refractivity contribution in [2.45, 2.75) is 33.0 Å². The number of benzene rings is 2. The SMILES string of the molecule is CC(C)Oc1ccccc1C(=O)c1ccc2c(c1)CNC2. The van der Waals surface area contributed by atoms with Gasteiger partial charge in [-0.25, -0.2) is 0 Å². The van der Waals surface area contributed by atoms with E-state index in [9.17, 15) is 4.79 Å². The molecule has 0 amide bonds. The first-order valence-corrected chi connectivity index (χ1v) is 7.28. The summed E-state index contributed by atoms with van der Waals surface area (Å²) in [5.74, 6) is 0.664. The lowest BCUT2D eigenvalue weighted by atomic mass is 9.99. The van der Waals surface area contributed by atoms with E-state index in [4.69, 9.17) is 4.74 Å². The molecular formula is C18H19NO2. The fraction of sp³-hybridized carbons (Fsp3) is 0.278. The maximum atomic E-state index is 12.7. The number of ketones is 1. The Labute approximate surface area is 124 Å². The summed E-state index contributed by atoms with van der Waals surface area (Å²) in [6, 6.07) is 13.4. The average molecular weight is 281 g/mol. The first-order valence-electron chi connectivity index (χ1n) is 7.28. The van der Waals surface area contributed by atoms with Crippen LogP contribution in [0.2, 0.25) is 0 Å². The van der Waals surface area contributed by atoms with Crippen LogP contribution in [0.15, 0.2) is 42.5 Å². The van der Waals surface area contributed by atoms with Crippen molar-refractivity contribution in [3.8, 4) is 5.75 Å². The molecule has 0 atom stereocenters. The summed E-state index contributed by atoms with van der Waals surface area (Å²) in [4.78, 5) is 12.7. The molecule has 0 spiro atoms. The molecule has 0 radical (unpaired) electrons. The third-order valence-corrected chi connectivity index (χ3v) is 3.59. The molecule has 1 heterocycles. The number of para-hydroxylation sites is 1. The number of carbonyl (C=O) groups excluding carboxylic acids is 1. The molecule has 21 heavy (non-hydrogen) atoms. The minimum absolute atomic E-state index is 0.0148. The van der Waals surface area contributed by atoms with Crippen molar-refractivity contribution in [2.24, 2.45) is 0 Å². The predicted octanol–water partition coefficient (Wildman–Crippen LogP) is 3.31. The molecule has 0 saturated heterocycles. The summed E-state index contributed by atoms with van der Waals surface area (Å²) in [6.45, 7) is 5.64. The highest BCUT2D eigenvalue weighted by Gasteiger charge is 2.18. The molecule has 3 heteroatoms. The summed E-state index contributed by atoms with van der Waals surface area (Å²) in [5.41, 5.74) is 3.83. The molecule has 2 aromatic carbocycles. The fourth-order valence-electron chi connectivity index (χ4n) is 2.60. The summed E-state index contributed by atoms with van der Waals surface area (Å²) < 4.78 is 5.75. The van der Waals surface area contributed by atoms with Gasteiger partial charge in [-0.2, -0.15) is 0 Å². The molecule has 3 rings (SSSR count). The number of ether oxygens (including phenoxy) is 1. The Bertz CT molecular complexity index is 677. The maximum Gasteiger partial charge on any atom is 0.196 e. The Morgan fingerprint density at radius 1 is 1.10 bits per heavy atom.